The van der Waals surface area contributed by atoms with E-state index >= 15 is 0 Å². The molecule has 3 rings (SSSR count). The third-order valence-corrected chi connectivity index (χ3v) is 6.84. The molecule has 9 heteroatoms. The van der Waals surface area contributed by atoms with Crippen LogP contribution < -0.4 is 4.72 Å². The number of rotatable bonds is 4. The van der Waals surface area contributed by atoms with Gasteiger partial charge in [0.1, 0.15) is 9.48 Å². The molecule has 3 aromatic rings. The highest BCUT2D eigenvalue weighted by Gasteiger charge is 2.22. The van der Waals surface area contributed by atoms with E-state index in [0.29, 0.717) is 15.2 Å². The lowest BCUT2D eigenvalue weighted by molar-refractivity contribution is 0.430. The third kappa shape index (κ3) is 3.31. The monoisotopic (exact) mass is 413 g/mol. The highest BCUT2D eigenvalue weighted by atomic mass is 79.9. The SMILES string of the molecule is Cc1ccc(-c2ncc(S(=O)(=O)Nc3onc(C)c3Br)s2)cc1. The Morgan fingerprint density at radius 2 is 1.91 bits per heavy atom. The van der Waals surface area contributed by atoms with Crippen molar-refractivity contribution in [3.63, 3.8) is 0 Å². The summed E-state index contributed by atoms with van der Waals surface area (Å²) < 4.78 is 32.7. The lowest BCUT2D eigenvalue weighted by Gasteiger charge is -2.01. The summed E-state index contributed by atoms with van der Waals surface area (Å²) in [4.78, 5) is 4.19. The van der Waals surface area contributed by atoms with Gasteiger partial charge >= 0.3 is 0 Å². The molecule has 0 atom stereocenters. The van der Waals surface area contributed by atoms with Crippen LogP contribution in [0.1, 0.15) is 11.3 Å². The highest BCUT2D eigenvalue weighted by molar-refractivity contribution is 9.10. The van der Waals surface area contributed by atoms with Crippen LogP contribution in [0, 0.1) is 13.8 Å². The third-order valence-electron chi connectivity index (χ3n) is 3.07. The van der Waals surface area contributed by atoms with Gasteiger partial charge in [-0.2, -0.15) is 0 Å². The van der Waals surface area contributed by atoms with E-state index in [4.69, 9.17) is 4.52 Å². The molecule has 2 aromatic heterocycles. The Morgan fingerprint density at radius 1 is 1.22 bits per heavy atom. The van der Waals surface area contributed by atoms with Crippen LogP contribution in [-0.4, -0.2) is 18.6 Å². The predicted molar refractivity (Wildman–Crippen MR) is 92.0 cm³/mol. The normalized spacial score (nSPS) is 11.6. The second kappa shape index (κ2) is 6.06. The number of thiazole rings is 1. The van der Waals surface area contributed by atoms with Crippen molar-refractivity contribution >= 4 is 43.2 Å². The summed E-state index contributed by atoms with van der Waals surface area (Å²) in [6.07, 6.45) is 1.33. The molecule has 0 fully saturated rings. The standard InChI is InChI=1S/C14H12BrN3O3S2/c1-8-3-5-10(6-4-8)14-16-7-11(22-14)23(19,20)18-13-12(15)9(2)17-21-13/h3-7,18H,1-2H3. The Morgan fingerprint density at radius 3 is 2.52 bits per heavy atom. The van der Waals surface area contributed by atoms with Gasteiger partial charge in [0.25, 0.3) is 15.9 Å². The van der Waals surface area contributed by atoms with Gasteiger partial charge in [0.2, 0.25) is 0 Å². The Kier molecular flexibility index (Phi) is 4.26. The van der Waals surface area contributed by atoms with Gasteiger partial charge in [-0.15, -0.1) is 11.3 Å². The smallest absolute Gasteiger partial charge is 0.275 e. The van der Waals surface area contributed by atoms with E-state index in [2.05, 4.69) is 30.8 Å². The van der Waals surface area contributed by atoms with Crippen molar-refractivity contribution in [2.45, 2.75) is 18.1 Å². The van der Waals surface area contributed by atoms with E-state index in [1.54, 1.807) is 6.92 Å². The van der Waals surface area contributed by atoms with Gasteiger partial charge < -0.3 is 4.52 Å². The van der Waals surface area contributed by atoms with Gasteiger partial charge in [-0.3, -0.25) is 0 Å². The molecule has 0 aliphatic carbocycles. The Bertz CT molecular complexity index is 946. The number of hydrogen-bond donors (Lipinski definition) is 1. The summed E-state index contributed by atoms with van der Waals surface area (Å²) >= 11 is 4.32. The number of hydrogen-bond acceptors (Lipinski definition) is 6. The molecular formula is C14H12BrN3O3S2. The fraction of sp³-hybridized carbons (Fsp3) is 0.143. The van der Waals surface area contributed by atoms with Crippen molar-refractivity contribution in [2.75, 3.05) is 4.72 Å². The van der Waals surface area contributed by atoms with E-state index in [0.717, 1.165) is 22.5 Å². The molecule has 0 unspecified atom stereocenters. The van der Waals surface area contributed by atoms with Gasteiger partial charge in [-0.25, -0.2) is 18.1 Å². The molecule has 23 heavy (non-hydrogen) atoms. The lowest BCUT2D eigenvalue weighted by Crippen LogP contribution is -2.11. The molecule has 6 nitrogen and oxygen atoms in total. The van der Waals surface area contributed by atoms with Crippen molar-refractivity contribution in [1.29, 1.82) is 0 Å². The summed E-state index contributed by atoms with van der Waals surface area (Å²) in [6.45, 7) is 3.69. The van der Waals surface area contributed by atoms with E-state index in [-0.39, 0.29) is 10.1 Å². The number of nitrogens with zero attached hydrogens (tertiary/aromatic N) is 2. The topological polar surface area (TPSA) is 85.1 Å². The number of aromatic nitrogens is 2. The zero-order chi connectivity index (χ0) is 16.6. The van der Waals surface area contributed by atoms with Crippen LogP contribution in [0.2, 0.25) is 0 Å². The van der Waals surface area contributed by atoms with Gasteiger partial charge in [0.15, 0.2) is 4.21 Å². The van der Waals surface area contributed by atoms with Crippen LogP contribution in [0.25, 0.3) is 10.6 Å². The number of sulfonamides is 1. The van der Waals surface area contributed by atoms with Gasteiger partial charge in [0, 0.05) is 5.56 Å². The van der Waals surface area contributed by atoms with Crippen molar-refractivity contribution in [2.24, 2.45) is 0 Å². The summed E-state index contributed by atoms with van der Waals surface area (Å²) in [5, 5.41) is 4.33. The van der Waals surface area contributed by atoms with E-state index in [1.807, 2.05) is 31.2 Å². The van der Waals surface area contributed by atoms with Crippen molar-refractivity contribution < 1.29 is 12.9 Å². The van der Waals surface area contributed by atoms with Crippen molar-refractivity contribution in [3.05, 3.63) is 46.2 Å². The molecule has 0 saturated carbocycles. The molecule has 0 aliphatic heterocycles. The number of benzene rings is 1. The Hall–Kier alpha value is -1.71. The van der Waals surface area contributed by atoms with Crippen LogP contribution in [0.3, 0.4) is 0 Å². The molecule has 0 amide bonds. The fourth-order valence-corrected chi connectivity index (χ4v) is 4.31. The van der Waals surface area contributed by atoms with Crippen LogP contribution in [0.4, 0.5) is 5.88 Å². The minimum Gasteiger partial charge on any atom is -0.336 e. The molecule has 0 saturated heterocycles. The fourth-order valence-electron chi connectivity index (χ4n) is 1.81. The number of anilines is 1. The number of aryl methyl sites for hydroxylation is 2. The minimum absolute atomic E-state index is 0.0489. The maximum Gasteiger partial charge on any atom is 0.275 e. The van der Waals surface area contributed by atoms with E-state index in [9.17, 15) is 8.42 Å². The van der Waals surface area contributed by atoms with E-state index < -0.39 is 10.0 Å². The largest absolute Gasteiger partial charge is 0.336 e. The summed E-state index contributed by atoms with van der Waals surface area (Å²) in [5.74, 6) is 0.0489. The quantitative estimate of drug-likeness (QED) is 0.698. The zero-order valence-corrected chi connectivity index (χ0v) is 15.4. The Balaban J connectivity index is 1.89. The average Bonchev–Trinajstić information content (AvgIpc) is 3.11. The van der Waals surface area contributed by atoms with Crippen LogP contribution in [0.5, 0.6) is 0 Å². The van der Waals surface area contributed by atoms with Crippen molar-refractivity contribution in [1.82, 2.24) is 10.1 Å². The lowest BCUT2D eigenvalue weighted by atomic mass is 10.2. The summed E-state index contributed by atoms with van der Waals surface area (Å²) in [7, 11) is -3.78. The first-order valence-electron chi connectivity index (χ1n) is 6.54. The molecule has 0 spiro atoms. The molecule has 0 aliphatic rings. The maximum atomic E-state index is 12.4. The predicted octanol–water partition coefficient (Wildman–Crippen LogP) is 3.98. The first-order valence-corrected chi connectivity index (χ1v) is 9.63. The van der Waals surface area contributed by atoms with Gasteiger partial charge in [-0.1, -0.05) is 35.0 Å². The minimum atomic E-state index is -3.78. The maximum absolute atomic E-state index is 12.4. The molecule has 2 heterocycles. The first-order chi connectivity index (χ1) is 10.9. The average molecular weight is 414 g/mol. The summed E-state index contributed by atoms with van der Waals surface area (Å²) in [6, 6.07) is 7.73. The highest BCUT2D eigenvalue weighted by Crippen LogP contribution is 2.31. The van der Waals surface area contributed by atoms with Crippen molar-refractivity contribution in [3.8, 4) is 10.6 Å². The van der Waals surface area contributed by atoms with Crippen LogP contribution >= 0.6 is 27.3 Å². The Labute approximate surface area is 145 Å². The number of nitrogens with one attached hydrogen (secondary N) is 1. The van der Waals surface area contributed by atoms with Crippen LogP contribution in [-0.2, 0) is 10.0 Å². The van der Waals surface area contributed by atoms with Gasteiger partial charge in [0.05, 0.1) is 11.9 Å². The molecule has 0 radical (unpaired) electrons. The molecule has 1 N–H and O–H groups in total. The number of halogens is 1. The first kappa shape index (κ1) is 16.2. The van der Waals surface area contributed by atoms with Crippen LogP contribution in [0.15, 0.2) is 43.7 Å². The second-order valence-corrected chi connectivity index (χ2v) is 8.60. The summed E-state index contributed by atoms with van der Waals surface area (Å²) in [5.41, 5.74) is 2.57. The molecular weight excluding hydrogens is 402 g/mol. The molecule has 1 aromatic carbocycles. The zero-order valence-electron chi connectivity index (χ0n) is 12.2. The van der Waals surface area contributed by atoms with E-state index in [1.165, 1.54) is 6.20 Å². The second-order valence-electron chi connectivity index (χ2n) is 4.87. The van der Waals surface area contributed by atoms with Gasteiger partial charge in [-0.05, 0) is 29.8 Å². The molecule has 120 valence electrons. The molecule has 0 bridgehead atoms.